The molecule has 0 aromatic heterocycles. The molecule has 0 amide bonds. The maximum atomic E-state index is 8.63. The van der Waals surface area contributed by atoms with Crippen molar-refractivity contribution in [3.05, 3.63) is 11.6 Å². The molecule has 0 heterocycles. The molecule has 1 nitrogen and oxygen atoms in total. The first-order chi connectivity index (χ1) is 8.57. The molecule has 0 radical (unpaired) electrons. The minimum atomic E-state index is 0.599. The molecule has 2 heteroatoms. The molecule has 0 saturated heterocycles. The third-order valence-corrected chi connectivity index (χ3v) is 5.93. The van der Waals surface area contributed by atoms with E-state index in [0.29, 0.717) is 5.41 Å². The van der Waals surface area contributed by atoms with Crippen LogP contribution in [0.1, 0.15) is 52.9 Å². The zero-order chi connectivity index (χ0) is 13.2. The van der Waals surface area contributed by atoms with E-state index < -0.39 is 0 Å². The summed E-state index contributed by atoms with van der Waals surface area (Å²) in [6.07, 6.45) is 9.52. The van der Waals surface area contributed by atoms with E-state index in [0.717, 1.165) is 23.5 Å². The van der Waals surface area contributed by atoms with Crippen LogP contribution in [0.15, 0.2) is 11.6 Å². The molecular formula is C16H25NS. The Hall–Kier alpha value is -0.420. The molecule has 100 valence electrons. The van der Waals surface area contributed by atoms with Gasteiger partial charge in [0, 0.05) is 5.75 Å². The second-order valence-electron chi connectivity index (χ2n) is 6.64. The van der Waals surface area contributed by atoms with Crippen molar-refractivity contribution in [3.63, 3.8) is 0 Å². The molecule has 0 unspecified atom stereocenters. The molecule has 0 bridgehead atoms. The van der Waals surface area contributed by atoms with Crippen LogP contribution < -0.4 is 0 Å². The van der Waals surface area contributed by atoms with Gasteiger partial charge in [-0.1, -0.05) is 38.3 Å². The maximum Gasteiger partial charge on any atom is 0.133 e. The summed E-state index contributed by atoms with van der Waals surface area (Å²) >= 11 is 1.37. The van der Waals surface area contributed by atoms with Crippen LogP contribution in [-0.4, -0.2) is 5.75 Å². The van der Waals surface area contributed by atoms with Gasteiger partial charge in [0.05, 0.1) is 0 Å². The molecule has 2 aliphatic carbocycles. The fraction of sp³-hybridized carbons (Fsp3) is 0.812. The predicted molar refractivity (Wildman–Crippen MR) is 79.2 cm³/mol. The third-order valence-electron chi connectivity index (χ3n) is 5.20. The van der Waals surface area contributed by atoms with Gasteiger partial charge in [0.1, 0.15) is 5.40 Å². The Kier molecular flexibility index (Phi) is 4.43. The van der Waals surface area contributed by atoms with Crippen molar-refractivity contribution in [3.8, 4) is 5.40 Å². The molecule has 2 rings (SSSR count). The van der Waals surface area contributed by atoms with E-state index in [1.807, 2.05) is 0 Å². The second-order valence-corrected chi connectivity index (χ2v) is 7.40. The Morgan fingerprint density at radius 3 is 2.94 bits per heavy atom. The monoisotopic (exact) mass is 263 g/mol. The first-order valence-electron chi connectivity index (χ1n) is 7.25. The van der Waals surface area contributed by atoms with Crippen LogP contribution >= 0.6 is 11.8 Å². The smallest absolute Gasteiger partial charge is 0.133 e. The number of thioether (sulfide) groups is 1. The van der Waals surface area contributed by atoms with Crippen LogP contribution in [0.25, 0.3) is 0 Å². The molecule has 0 aromatic rings. The van der Waals surface area contributed by atoms with Gasteiger partial charge in [-0.05, 0) is 61.1 Å². The summed E-state index contributed by atoms with van der Waals surface area (Å²) in [4.78, 5) is 0. The van der Waals surface area contributed by atoms with Crippen molar-refractivity contribution >= 4 is 11.8 Å². The molecule has 4 atom stereocenters. The number of nitrogens with zero attached hydrogens (tertiary/aromatic N) is 1. The number of rotatable bonds is 3. The zero-order valence-electron chi connectivity index (χ0n) is 11.9. The maximum absolute atomic E-state index is 8.63. The fourth-order valence-electron chi connectivity index (χ4n) is 4.51. The van der Waals surface area contributed by atoms with E-state index in [1.165, 1.54) is 49.4 Å². The highest BCUT2D eigenvalue weighted by Crippen LogP contribution is 2.57. The van der Waals surface area contributed by atoms with Crippen LogP contribution in [0.2, 0.25) is 0 Å². The van der Waals surface area contributed by atoms with Gasteiger partial charge in [0.25, 0.3) is 0 Å². The van der Waals surface area contributed by atoms with E-state index >= 15 is 0 Å². The minimum absolute atomic E-state index is 0.599. The Bertz CT molecular complexity index is 368. The van der Waals surface area contributed by atoms with Crippen LogP contribution in [0.3, 0.4) is 0 Å². The molecule has 18 heavy (non-hydrogen) atoms. The number of thiocyanates is 1. The normalized spacial score (nSPS) is 40.3. The Morgan fingerprint density at radius 1 is 1.44 bits per heavy atom. The Balaban J connectivity index is 2.08. The van der Waals surface area contributed by atoms with Gasteiger partial charge in [0.2, 0.25) is 0 Å². The van der Waals surface area contributed by atoms with E-state index in [2.05, 4.69) is 32.2 Å². The average molecular weight is 263 g/mol. The van der Waals surface area contributed by atoms with Gasteiger partial charge in [-0.25, -0.2) is 0 Å². The van der Waals surface area contributed by atoms with E-state index in [4.69, 9.17) is 5.26 Å². The topological polar surface area (TPSA) is 23.8 Å². The first kappa shape index (κ1) is 14.0. The predicted octanol–water partition coefficient (Wildman–Crippen LogP) is 5.00. The lowest BCUT2D eigenvalue weighted by Crippen LogP contribution is -2.34. The van der Waals surface area contributed by atoms with Crippen LogP contribution in [0, 0.1) is 33.8 Å². The molecule has 0 aliphatic heterocycles. The van der Waals surface area contributed by atoms with Gasteiger partial charge in [-0.3, -0.25) is 0 Å². The van der Waals surface area contributed by atoms with Crippen molar-refractivity contribution < 1.29 is 0 Å². The van der Waals surface area contributed by atoms with E-state index in [-0.39, 0.29) is 0 Å². The van der Waals surface area contributed by atoms with Gasteiger partial charge >= 0.3 is 0 Å². The van der Waals surface area contributed by atoms with Gasteiger partial charge < -0.3 is 0 Å². The van der Waals surface area contributed by atoms with Crippen molar-refractivity contribution in [1.82, 2.24) is 0 Å². The summed E-state index contributed by atoms with van der Waals surface area (Å²) in [5, 5.41) is 10.8. The summed E-state index contributed by atoms with van der Waals surface area (Å²) in [5.41, 5.74) is 2.00. The molecule has 0 spiro atoms. The molecule has 2 aliphatic rings. The largest absolute Gasteiger partial charge is 0.185 e. The number of hydrogen-bond acceptors (Lipinski definition) is 2. The van der Waals surface area contributed by atoms with Crippen molar-refractivity contribution in [1.29, 1.82) is 5.26 Å². The minimum Gasteiger partial charge on any atom is -0.185 e. The van der Waals surface area contributed by atoms with Gasteiger partial charge in [-0.2, -0.15) is 5.26 Å². The quantitative estimate of drug-likeness (QED) is 0.528. The standard InChI is InChI=1S/C16H25NS/c1-12(10-18-11-17)9-14-6-8-16(3)7-4-5-13(2)15(14)16/h9,13-15H,4-8,10H2,1-3H3/b12-9+/t13-,14-,15-,16-/m1/s1. The summed E-state index contributed by atoms with van der Waals surface area (Å²) in [5.74, 6) is 3.41. The molecule has 2 fully saturated rings. The van der Waals surface area contributed by atoms with Gasteiger partial charge in [0.15, 0.2) is 0 Å². The highest BCUT2D eigenvalue weighted by molar-refractivity contribution is 8.03. The van der Waals surface area contributed by atoms with Crippen molar-refractivity contribution in [2.24, 2.45) is 23.2 Å². The van der Waals surface area contributed by atoms with E-state index in [9.17, 15) is 0 Å². The lowest BCUT2D eigenvalue weighted by molar-refractivity contribution is 0.0822. The first-order valence-corrected chi connectivity index (χ1v) is 8.23. The lowest BCUT2D eigenvalue weighted by atomic mass is 9.63. The summed E-state index contributed by atoms with van der Waals surface area (Å²) < 4.78 is 0. The highest BCUT2D eigenvalue weighted by Gasteiger charge is 2.48. The molecule has 2 saturated carbocycles. The van der Waals surface area contributed by atoms with Crippen molar-refractivity contribution in [2.45, 2.75) is 52.9 Å². The lowest BCUT2D eigenvalue weighted by Gasteiger charge is -2.42. The molecule has 0 aromatic carbocycles. The molecular weight excluding hydrogens is 238 g/mol. The summed E-state index contributed by atoms with van der Waals surface area (Å²) in [6, 6.07) is 0. The van der Waals surface area contributed by atoms with Gasteiger partial charge in [-0.15, -0.1) is 0 Å². The van der Waals surface area contributed by atoms with Crippen molar-refractivity contribution in [2.75, 3.05) is 5.75 Å². The number of hydrogen-bond donors (Lipinski definition) is 0. The average Bonchev–Trinajstić information content (AvgIpc) is 2.65. The highest BCUT2D eigenvalue weighted by atomic mass is 32.2. The number of allylic oxidation sites excluding steroid dienone is 1. The Morgan fingerprint density at radius 2 is 2.22 bits per heavy atom. The van der Waals surface area contributed by atoms with E-state index in [1.54, 1.807) is 0 Å². The summed E-state index contributed by atoms with van der Waals surface area (Å²) in [7, 11) is 0. The SMILES string of the molecule is C/C(=C\[C@H]1CC[C@@]2(C)CCC[C@@H](C)[C@H]12)CSC#N. The fourth-order valence-corrected chi connectivity index (χ4v) is 4.90. The Labute approximate surface area is 116 Å². The van der Waals surface area contributed by atoms with Crippen LogP contribution in [0.5, 0.6) is 0 Å². The van der Waals surface area contributed by atoms with Crippen LogP contribution in [-0.2, 0) is 0 Å². The third kappa shape index (κ3) is 2.77. The number of nitriles is 1. The van der Waals surface area contributed by atoms with Crippen LogP contribution in [0.4, 0.5) is 0 Å². The second kappa shape index (κ2) is 5.70. The summed E-state index contributed by atoms with van der Waals surface area (Å²) in [6.45, 7) is 7.15. The molecule has 0 N–H and O–H groups in total. The zero-order valence-corrected chi connectivity index (χ0v) is 12.7. The number of fused-ring (bicyclic) bond motifs is 1.